The summed E-state index contributed by atoms with van der Waals surface area (Å²) in [4.78, 5) is 25.6. The van der Waals surface area contributed by atoms with Gasteiger partial charge in [0.25, 0.3) is 5.56 Å². The highest BCUT2D eigenvalue weighted by molar-refractivity contribution is 5.90. The second-order valence-corrected chi connectivity index (χ2v) is 9.97. The molecule has 1 aromatic carbocycles. The second-order valence-electron chi connectivity index (χ2n) is 9.97. The molecule has 0 fully saturated rings. The summed E-state index contributed by atoms with van der Waals surface area (Å²) in [5, 5.41) is 0.774. The molecule has 0 saturated heterocycles. The van der Waals surface area contributed by atoms with E-state index in [0.29, 0.717) is 25.5 Å². The fourth-order valence-corrected chi connectivity index (χ4v) is 4.54. The van der Waals surface area contributed by atoms with Crippen LogP contribution in [0.3, 0.4) is 0 Å². The number of nitrogens with zero attached hydrogens (tertiary/aromatic N) is 1. The molecule has 0 atom stereocenters. The molecule has 0 amide bonds. The smallest absolute Gasteiger partial charge is 0.308 e. The zero-order valence-electron chi connectivity index (χ0n) is 23.7. The molecule has 37 heavy (non-hydrogen) atoms. The SMILES string of the molecule is CCCCCCCCn1c(=O)c(OC(C)=O)c(OCCCCCC)c2ccc(OCCCCCC)cc21. The van der Waals surface area contributed by atoms with Crippen LogP contribution in [0.15, 0.2) is 23.0 Å². The summed E-state index contributed by atoms with van der Waals surface area (Å²) >= 11 is 0. The summed E-state index contributed by atoms with van der Waals surface area (Å²) in [6, 6.07) is 5.79. The molecule has 0 unspecified atom stereocenters. The maximum absolute atomic E-state index is 13.6. The Bertz CT molecular complexity index is 997. The molecule has 0 saturated carbocycles. The largest absolute Gasteiger partial charge is 0.494 e. The summed E-state index contributed by atoms with van der Waals surface area (Å²) in [7, 11) is 0. The Morgan fingerprint density at radius 1 is 0.730 bits per heavy atom. The number of pyridine rings is 1. The van der Waals surface area contributed by atoms with Gasteiger partial charge in [0.1, 0.15) is 5.75 Å². The quantitative estimate of drug-likeness (QED) is 0.131. The highest BCUT2D eigenvalue weighted by Crippen LogP contribution is 2.35. The number of carbonyl (C=O) groups is 1. The number of rotatable bonds is 20. The van der Waals surface area contributed by atoms with Crippen molar-refractivity contribution in [2.75, 3.05) is 13.2 Å². The lowest BCUT2D eigenvalue weighted by atomic mass is 10.1. The third-order valence-electron chi connectivity index (χ3n) is 6.64. The molecule has 0 spiro atoms. The Balaban J connectivity index is 2.39. The van der Waals surface area contributed by atoms with E-state index in [0.717, 1.165) is 74.4 Å². The lowest BCUT2D eigenvalue weighted by Gasteiger charge is -2.19. The Labute approximate surface area is 223 Å². The van der Waals surface area contributed by atoms with Crippen LogP contribution < -0.4 is 19.8 Å². The fourth-order valence-electron chi connectivity index (χ4n) is 4.54. The molecule has 2 rings (SSSR count). The van der Waals surface area contributed by atoms with Gasteiger partial charge < -0.3 is 18.8 Å². The monoisotopic (exact) mass is 515 g/mol. The van der Waals surface area contributed by atoms with Crippen LogP contribution in [-0.2, 0) is 11.3 Å². The molecule has 208 valence electrons. The zero-order chi connectivity index (χ0) is 26.9. The summed E-state index contributed by atoms with van der Waals surface area (Å²) in [6.07, 6.45) is 15.5. The first-order chi connectivity index (χ1) is 18.0. The molecule has 0 aliphatic carbocycles. The Hall–Kier alpha value is -2.50. The van der Waals surface area contributed by atoms with Gasteiger partial charge in [-0.2, -0.15) is 0 Å². The number of unbranched alkanes of at least 4 members (excludes halogenated alkanes) is 11. The zero-order valence-corrected chi connectivity index (χ0v) is 23.7. The number of aromatic nitrogens is 1. The molecule has 0 bridgehead atoms. The van der Waals surface area contributed by atoms with E-state index in [9.17, 15) is 9.59 Å². The van der Waals surface area contributed by atoms with Gasteiger partial charge in [-0.25, -0.2) is 0 Å². The van der Waals surface area contributed by atoms with Crippen LogP contribution in [0.5, 0.6) is 17.2 Å². The molecule has 0 radical (unpaired) electrons. The first-order valence-electron chi connectivity index (χ1n) is 14.7. The van der Waals surface area contributed by atoms with E-state index in [-0.39, 0.29) is 11.3 Å². The van der Waals surface area contributed by atoms with Crippen molar-refractivity contribution in [2.24, 2.45) is 0 Å². The van der Waals surface area contributed by atoms with Crippen molar-refractivity contribution in [1.29, 1.82) is 0 Å². The van der Waals surface area contributed by atoms with Crippen LogP contribution in [0.2, 0.25) is 0 Å². The normalized spacial score (nSPS) is 11.1. The van der Waals surface area contributed by atoms with Crippen LogP contribution in [0.25, 0.3) is 10.9 Å². The summed E-state index contributed by atoms with van der Waals surface area (Å²) in [5.74, 6) is 0.578. The molecular formula is C31H49NO5. The highest BCUT2D eigenvalue weighted by Gasteiger charge is 2.21. The van der Waals surface area contributed by atoms with E-state index in [1.54, 1.807) is 4.57 Å². The first-order valence-corrected chi connectivity index (χ1v) is 14.7. The van der Waals surface area contributed by atoms with Crippen molar-refractivity contribution in [1.82, 2.24) is 4.57 Å². The van der Waals surface area contributed by atoms with Crippen LogP contribution >= 0.6 is 0 Å². The maximum Gasteiger partial charge on any atom is 0.308 e. The van der Waals surface area contributed by atoms with E-state index < -0.39 is 5.97 Å². The number of aryl methyl sites for hydroxylation is 1. The Morgan fingerprint density at radius 2 is 1.30 bits per heavy atom. The van der Waals surface area contributed by atoms with Crippen LogP contribution in [0.4, 0.5) is 0 Å². The van der Waals surface area contributed by atoms with Gasteiger partial charge >= 0.3 is 5.97 Å². The van der Waals surface area contributed by atoms with Gasteiger partial charge in [0.2, 0.25) is 5.75 Å². The van der Waals surface area contributed by atoms with Gasteiger partial charge in [-0.15, -0.1) is 0 Å². The van der Waals surface area contributed by atoms with E-state index in [2.05, 4.69) is 20.8 Å². The average molecular weight is 516 g/mol. The van der Waals surface area contributed by atoms with Crippen molar-refractivity contribution in [2.45, 2.75) is 124 Å². The number of hydrogen-bond donors (Lipinski definition) is 0. The molecule has 2 aromatic rings. The number of esters is 1. The summed E-state index contributed by atoms with van der Waals surface area (Å²) < 4.78 is 19.4. The van der Waals surface area contributed by atoms with Crippen molar-refractivity contribution >= 4 is 16.9 Å². The lowest BCUT2D eigenvalue weighted by molar-refractivity contribution is -0.132. The minimum absolute atomic E-state index is 0.00490. The predicted octanol–water partition coefficient (Wildman–Crippen LogP) is 8.21. The molecular weight excluding hydrogens is 466 g/mol. The first kappa shape index (κ1) is 30.7. The van der Waals surface area contributed by atoms with Crippen molar-refractivity contribution in [3.05, 3.63) is 28.6 Å². The van der Waals surface area contributed by atoms with E-state index in [1.807, 2.05) is 18.2 Å². The second kappa shape index (κ2) is 17.9. The van der Waals surface area contributed by atoms with Gasteiger partial charge in [0.05, 0.1) is 18.7 Å². The third kappa shape index (κ3) is 10.4. The highest BCUT2D eigenvalue weighted by atomic mass is 16.6. The molecule has 6 heteroatoms. The van der Waals surface area contributed by atoms with E-state index in [4.69, 9.17) is 14.2 Å². The van der Waals surface area contributed by atoms with Crippen LogP contribution in [0.1, 0.15) is 118 Å². The lowest BCUT2D eigenvalue weighted by Crippen LogP contribution is -2.25. The number of carbonyl (C=O) groups excluding carboxylic acids is 1. The summed E-state index contributed by atoms with van der Waals surface area (Å²) in [6.45, 7) is 9.58. The van der Waals surface area contributed by atoms with Crippen LogP contribution in [0, 0.1) is 0 Å². The standard InChI is InChI=1S/C31H49NO5/c1-5-8-11-14-15-16-21-32-28-24-26(35-22-17-12-9-6-2)19-20-27(28)29(36-23-18-13-10-7-3)30(31(32)34)37-25(4)33/h19-20,24H,5-18,21-23H2,1-4H3. The molecule has 0 aliphatic rings. The molecule has 0 aliphatic heterocycles. The van der Waals surface area contributed by atoms with Crippen molar-refractivity contribution < 1.29 is 19.0 Å². The Morgan fingerprint density at radius 3 is 1.92 bits per heavy atom. The van der Waals surface area contributed by atoms with Crippen molar-refractivity contribution in [3.63, 3.8) is 0 Å². The maximum atomic E-state index is 13.6. The van der Waals surface area contributed by atoms with Gasteiger partial charge in [-0.05, 0) is 31.4 Å². The minimum Gasteiger partial charge on any atom is -0.494 e. The molecule has 0 N–H and O–H groups in total. The number of fused-ring (bicyclic) bond motifs is 1. The van der Waals surface area contributed by atoms with E-state index >= 15 is 0 Å². The van der Waals surface area contributed by atoms with Gasteiger partial charge in [0, 0.05) is 24.9 Å². The topological polar surface area (TPSA) is 66.8 Å². The molecule has 6 nitrogen and oxygen atoms in total. The molecule has 1 aromatic heterocycles. The average Bonchev–Trinajstić information content (AvgIpc) is 2.88. The van der Waals surface area contributed by atoms with E-state index in [1.165, 1.54) is 39.0 Å². The number of ether oxygens (including phenoxy) is 3. The van der Waals surface area contributed by atoms with Gasteiger partial charge in [0.15, 0.2) is 5.75 Å². The minimum atomic E-state index is -0.523. The third-order valence-corrected chi connectivity index (χ3v) is 6.64. The summed E-state index contributed by atoms with van der Waals surface area (Å²) in [5.41, 5.74) is 0.448. The fraction of sp³-hybridized carbons (Fsp3) is 0.677. The van der Waals surface area contributed by atoms with Crippen LogP contribution in [-0.4, -0.2) is 23.8 Å². The Kier molecular flexibility index (Phi) is 14.8. The number of hydrogen-bond acceptors (Lipinski definition) is 5. The molecule has 1 heterocycles. The van der Waals surface area contributed by atoms with Gasteiger partial charge in [-0.3, -0.25) is 9.59 Å². The van der Waals surface area contributed by atoms with Gasteiger partial charge in [-0.1, -0.05) is 91.4 Å². The predicted molar refractivity (Wildman–Crippen MR) is 152 cm³/mol. The van der Waals surface area contributed by atoms with Crippen molar-refractivity contribution in [3.8, 4) is 17.2 Å². The number of benzene rings is 1.